The van der Waals surface area contributed by atoms with Crippen molar-refractivity contribution < 1.29 is 18.8 Å². The molecule has 1 saturated heterocycles. The van der Waals surface area contributed by atoms with E-state index in [1.165, 1.54) is 0 Å². The first kappa shape index (κ1) is 23.2. The number of hydrogen-bond acceptors (Lipinski definition) is 4. The van der Waals surface area contributed by atoms with Gasteiger partial charge < -0.3 is 20.9 Å². The van der Waals surface area contributed by atoms with E-state index in [9.17, 15) is 24.0 Å². The summed E-state index contributed by atoms with van der Waals surface area (Å²) in [7, 11) is 0. The van der Waals surface area contributed by atoms with Crippen LogP contribution in [0.3, 0.4) is 0 Å². The van der Waals surface area contributed by atoms with Crippen molar-refractivity contribution in [3.05, 3.63) is 34.2 Å². The molecule has 2 aliphatic rings. The third kappa shape index (κ3) is 5.53. The zero-order valence-corrected chi connectivity index (χ0v) is 19.5. The van der Waals surface area contributed by atoms with Crippen LogP contribution in [-0.2, 0) is 9.59 Å². The maximum Gasteiger partial charge on any atom is 0.271 e. The van der Waals surface area contributed by atoms with Crippen molar-refractivity contribution in [2.45, 2.75) is 50.6 Å². The van der Waals surface area contributed by atoms with Crippen LogP contribution in [0.4, 0.5) is 4.39 Å². The number of rotatable bonds is 8. The fourth-order valence-electron chi connectivity index (χ4n) is 4.20. The average molecular weight is 518 g/mol. The number of amides is 3. The second-order valence-corrected chi connectivity index (χ2v) is 9.68. The maximum atomic E-state index is 14.8. The van der Waals surface area contributed by atoms with E-state index in [2.05, 4.69) is 36.9 Å². The normalized spacial score (nSPS) is 19.9. The number of hydrogen-bond donors (Lipinski definition) is 4. The van der Waals surface area contributed by atoms with Crippen LogP contribution in [-0.4, -0.2) is 41.3 Å². The first-order chi connectivity index (χ1) is 15.9. The number of piperidine rings is 1. The number of carbonyl (C=O) groups excluding carboxylic acids is 3. The highest BCUT2D eigenvalue weighted by atomic mass is 79.9. The number of halogens is 2. The quantitative estimate of drug-likeness (QED) is 0.429. The lowest BCUT2D eigenvalue weighted by atomic mass is 9.92. The molecule has 2 unspecified atom stereocenters. The van der Waals surface area contributed by atoms with Crippen LogP contribution < -0.4 is 16.0 Å². The largest absolute Gasteiger partial charge is 0.356 e. The highest BCUT2D eigenvalue weighted by Gasteiger charge is 2.33. The van der Waals surface area contributed by atoms with E-state index in [0.717, 1.165) is 23.7 Å². The van der Waals surface area contributed by atoms with Crippen molar-refractivity contribution in [3.8, 4) is 6.07 Å². The van der Waals surface area contributed by atoms with Gasteiger partial charge in [0.25, 0.3) is 5.91 Å². The Bertz CT molecular complexity index is 1120. The van der Waals surface area contributed by atoms with E-state index in [4.69, 9.17) is 0 Å². The first-order valence-corrected chi connectivity index (χ1v) is 11.9. The van der Waals surface area contributed by atoms with Gasteiger partial charge in [-0.25, -0.2) is 4.39 Å². The van der Waals surface area contributed by atoms with Crippen LogP contribution in [0.5, 0.6) is 0 Å². The lowest BCUT2D eigenvalue weighted by Gasteiger charge is -2.25. The lowest BCUT2D eigenvalue weighted by molar-refractivity contribution is -0.128. The minimum atomic E-state index is -0.904. The third-order valence-electron chi connectivity index (χ3n) is 6.20. The zero-order valence-electron chi connectivity index (χ0n) is 17.9. The summed E-state index contributed by atoms with van der Waals surface area (Å²) < 4.78 is 15.5. The average Bonchev–Trinajstić information content (AvgIpc) is 3.55. The van der Waals surface area contributed by atoms with Gasteiger partial charge in [0, 0.05) is 22.3 Å². The van der Waals surface area contributed by atoms with Crippen LogP contribution >= 0.6 is 15.9 Å². The van der Waals surface area contributed by atoms with Crippen LogP contribution in [0.2, 0.25) is 0 Å². The molecule has 8 nitrogen and oxygen atoms in total. The van der Waals surface area contributed by atoms with E-state index in [0.29, 0.717) is 30.8 Å². The summed E-state index contributed by atoms with van der Waals surface area (Å²) in [6, 6.07) is 5.20. The summed E-state index contributed by atoms with van der Waals surface area (Å²) in [5.74, 6) is -2.05. The van der Waals surface area contributed by atoms with Gasteiger partial charge in [-0.3, -0.25) is 14.4 Å². The van der Waals surface area contributed by atoms with Gasteiger partial charge in [0.2, 0.25) is 11.8 Å². The minimum Gasteiger partial charge on any atom is -0.356 e. The molecule has 1 aliphatic carbocycles. The molecule has 174 valence electrons. The summed E-state index contributed by atoms with van der Waals surface area (Å²) >= 11 is 3.32. The second kappa shape index (κ2) is 9.91. The predicted octanol–water partition coefficient (Wildman–Crippen LogP) is 2.89. The molecule has 4 rings (SSSR count). The van der Waals surface area contributed by atoms with Crippen LogP contribution in [0.15, 0.2) is 22.7 Å². The molecule has 1 saturated carbocycles. The summed E-state index contributed by atoms with van der Waals surface area (Å²) in [6.07, 6.45) is 4.03. The number of aromatic nitrogens is 1. The molecule has 33 heavy (non-hydrogen) atoms. The zero-order chi connectivity index (χ0) is 23.5. The molecular weight excluding hydrogens is 493 g/mol. The standard InChI is InChI=1S/C23H25BrFN5O3/c24-14-5-6-16-17(10-14)29-20(19(16)25)23(33)30-18(8-12-3-4-12)22(32)28-15(11-26)9-13-2-1-7-27-21(13)31/h5-6,10,12-13,15,18,29H,1-4,7-9H2,(H,27,31)(H,28,32)(H,30,33)/t13-,15?,18?/m0/s1. The molecule has 10 heteroatoms. The number of nitrogens with one attached hydrogen (secondary N) is 4. The molecule has 0 spiro atoms. The molecular formula is C23H25BrFN5O3. The number of nitriles is 1. The molecule has 2 aromatic rings. The Kier molecular flexibility index (Phi) is 6.98. The van der Waals surface area contributed by atoms with E-state index >= 15 is 0 Å². The van der Waals surface area contributed by atoms with Gasteiger partial charge >= 0.3 is 0 Å². The number of aromatic amines is 1. The molecule has 1 aromatic carbocycles. The Hall–Kier alpha value is -2.93. The molecule has 0 bridgehead atoms. The van der Waals surface area contributed by atoms with Gasteiger partial charge in [0.1, 0.15) is 17.8 Å². The Morgan fingerprint density at radius 2 is 2.03 bits per heavy atom. The molecule has 1 aromatic heterocycles. The fraction of sp³-hybridized carbons (Fsp3) is 0.478. The lowest BCUT2D eigenvalue weighted by Crippen LogP contribution is -2.50. The molecule has 4 N–H and O–H groups in total. The van der Waals surface area contributed by atoms with Gasteiger partial charge in [0.05, 0.1) is 11.6 Å². The Labute approximate surface area is 198 Å². The highest BCUT2D eigenvalue weighted by Crippen LogP contribution is 2.34. The number of nitrogens with zero attached hydrogens (tertiary/aromatic N) is 1. The van der Waals surface area contributed by atoms with Crippen molar-refractivity contribution >= 4 is 44.6 Å². The number of H-pyrrole nitrogens is 1. The van der Waals surface area contributed by atoms with Gasteiger partial charge in [-0.1, -0.05) is 28.8 Å². The molecule has 1 aliphatic heterocycles. The molecule has 0 radical (unpaired) electrons. The van der Waals surface area contributed by atoms with E-state index in [1.807, 2.05) is 6.07 Å². The van der Waals surface area contributed by atoms with Crippen LogP contribution in [0.1, 0.15) is 49.0 Å². The number of carbonyl (C=O) groups is 3. The second-order valence-electron chi connectivity index (χ2n) is 8.77. The van der Waals surface area contributed by atoms with Crippen molar-refractivity contribution in [2.24, 2.45) is 11.8 Å². The predicted molar refractivity (Wildman–Crippen MR) is 122 cm³/mol. The van der Waals surface area contributed by atoms with Crippen molar-refractivity contribution in [3.63, 3.8) is 0 Å². The number of benzene rings is 1. The SMILES string of the molecule is N#CC(C[C@@H]1CCCNC1=O)NC(=O)C(CC1CC1)NC(=O)c1[nH]c2cc(Br)ccc2c1F. The first-order valence-electron chi connectivity index (χ1n) is 11.1. The van der Waals surface area contributed by atoms with Gasteiger partial charge in [0.15, 0.2) is 5.82 Å². The van der Waals surface area contributed by atoms with Crippen LogP contribution in [0.25, 0.3) is 10.9 Å². The van der Waals surface area contributed by atoms with Crippen molar-refractivity contribution in [1.29, 1.82) is 5.26 Å². The van der Waals surface area contributed by atoms with E-state index < -0.39 is 29.7 Å². The molecule has 2 fully saturated rings. The van der Waals surface area contributed by atoms with Gasteiger partial charge in [-0.05, 0) is 49.8 Å². The Morgan fingerprint density at radius 3 is 2.73 bits per heavy atom. The maximum absolute atomic E-state index is 14.8. The van der Waals surface area contributed by atoms with E-state index in [-0.39, 0.29) is 29.3 Å². The summed E-state index contributed by atoms with van der Waals surface area (Å²) in [4.78, 5) is 40.6. The molecule has 3 atom stereocenters. The minimum absolute atomic E-state index is 0.112. The summed E-state index contributed by atoms with van der Waals surface area (Å²) in [6.45, 7) is 0.621. The van der Waals surface area contributed by atoms with Crippen molar-refractivity contribution in [1.82, 2.24) is 20.9 Å². The molecule has 3 amide bonds. The summed E-state index contributed by atoms with van der Waals surface area (Å²) in [5.41, 5.74) is 0.220. The topological polar surface area (TPSA) is 127 Å². The highest BCUT2D eigenvalue weighted by molar-refractivity contribution is 9.10. The summed E-state index contributed by atoms with van der Waals surface area (Å²) in [5, 5.41) is 17.9. The van der Waals surface area contributed by atoms with E-state index in [1.54, 1.807) is 18.2 Å². The van der Waals surface area contributed by atoms with Gasteiger partial charge in [-0.2, -0.15) is 5.26 Å². The smallest absolute Gasteiger partial charge is 0.271 e. The van der Waals surface area contributed by atoms with Crippen molar-refractivity contribution in [2.75, 3.05) is 6.54 Å². The number of fused-ring (bicyclic) bond motifs is 1. The van der Waals surface area contributed by atoms with Crippen LogP contribution in [0, 0.1) is 29.0 Å². The third-order valence-corrected chi connectivity index (χ3v) is 6.70. The van der Waals surface area contributed by atoms with Gasteiger partial charge in [-0.15, -0.1) is 0 Å². The Balaban J connectivity index is 1.45. The molecule has 2 heterocycles. The monoisotopic (exact) mass is 517 g/mol. The Morgan fingerprint density at radius 1 is 1.24 bits per heavy atom. The fourth-order valence-corrected chi connectivity index (χ4v) is 4.56.